The number of benzene rings is 1. The summed E-state index contributed by atoms with van der Waals surface area (Å²) in [4.78, 5) is 0. The molecule has 1 heterocycles. The molecule has 4 heteroatoms. The molecule has 0 bridgehead atoms. The van der Waals surface area contributed by atoms with Crippen molar-refractivity contribution in [2.45, 2.75) is 40.2 Å². The van der Waals surface area contributed by atoms with Gasteiger partial charge in [-0.25, -0.2) is 0 Å². The quantitative estimate of drug-likeness (QED) is 0.931. The van der Waals surface area contributed by atoms with Crippen molar-refractivity contribution in [3.8, 4) is 11.5 Å². The molecule has 0 aliphatic heterocycles. The number of hydrogen-bond acceptors (Lipinski definition) is 3. The number of rotatable bonds is 4. The van der Waals surface area contributed by atoms with Gasteiger partial charge in [-0.3, -0.25) is 4.68 Å². The Labute approximate surface area is 120 Å². The second-order valence-corrected chi connectivity index (χ2v) is 5.51. The number of ether oxygens (including phenoxy) is 1. The van der Waals surface area contributed by atoms with Gasteiger partial charge in [-0.15, -0.1) is 0 Å². The summed E-state index contributed by atoms with van der Waals surface area (Å²) in [5.41, 5.74) is 10.1. The number of hydrogen-bond donors (Lipinski definition) is 1. The van der Waals surface area contributed by atoms with Crippen molar-refractivity contribution in [2.24, 2.45) is 12.8 Å². The molecule has 0 aliphatic carbocycles. The first-order valence-corrected chi connectivity index (χ1v) is 6.91. The van der Waals surface area contributed by atoms with Gasteiger partial charge in [0.2, 0.25) is 0 Å². The van der Waals surface area contributed by atoms with E-state index in [0.717, 1.165) is 34.9 Å². The third-order valence-corrected chi connectivity index (χ3v) is 3.45. The average Bonchev–Trinajstić information content (AvgIpc) is 2.58. The molecule has 2 aromatic rings. The zero-order valence-electron chi connectivity index (χ0n) is 12.9. The summed E-state index contributed by atoms with van der Waals surface area (Å²) in [6.07, 6.45) is 0.881. The van der Waals surface area contributed by atoms with E-state index in [4.69, 9.17) is 10.5 Å². The lowest BCUT2D eigenvalue weighted by Gasteiger charge is -2.12. The summed E-state index contributed by atoms with van der Waals surface area (Å²) in [5, 5.41) is 4.37. The highest BCUT2D eigenvalue weighted by Crippen LogP contribution is 2.30. The van der Waals surface area contributed by atoms with Crippen LogP contribution in [0.2, 0.25) is 0 Å². The van der Waals surface area contributed by atoms with Crippen LogP contribution >= 0.6 is 0 Å². The average molecular weight is 273 g/mol. The van der Waals surface area contributed by atoms with Crippen molar-refractivity contribution >= 4 is 0 Å². The summed E-state index contributed by atoms with van der Waals surface area (Å²) < 4.78 is 7.87. The van der Waals surface area contributed by atoms with Gasteiger partial charge in [-0.05, 0) is 51.3 Å². The zero-order chi connectivity index (χ0) is 14.9. The van der Waals surface area contributed by atoms with Gasteiger partial charge < -0.3 is 10.5 Å². The van der Waals surface area contributed by atoms with E-state index in [1.807, 2.05) is 38.6 Å². The Morgan fingerprint density at radius 3 is 2.50 bits per heavy atom. The van der Waals surface area contributed by atoms with Gasteiger partial charge in [0.15, 0.2) is 5.75 Å². The van der Waals surface area contributed by atoms with Crippen LogP contribution in [0.4, 0.5) is 0 Å². The maximum atomic E-state index is 6.04. The molecule has 4 nitrogen and oxygen atoms in total. The van der Waals surface area contributed by atoms with Crippen LogP contribution in [-0.4, -0.2) is 15.8 Å². The lowest BCUT2D eigenvalue weighted by atomic mass is 10.0. The van der Waals surface area contributed by atoms with Crippen molar-refractivity contribution in [1.82, 2.24) is 9.78 Å². The molecule has 0 aliphatic rings. The molecule has 20 heavy (non-hydrogen) atoms. The van der Waals surface area contributed by atoms with Crippen molar-refractivity contribution in [3.05, 3.63) is 40.7 Å². The molecule has 0 fully saturated rings. The second kappa shape index (κ2) is 5.67. The molecule has 0 saturated carbocycles. The van der Waals surface area contributed by atoms with Gasteiger partial charge >= 0.3 is 0 Å². The molecule has 0 radical (unpaired) electrons. The summed E-state index contributed by atoms with van der Waals surface area (Å²) in [5.74, 6) is 1.72. The van der Waals surface area contributed by atoms with Gasteiger partial charge in [0.05, 0.1) is 5.69 Å². The Balaban J connectivity index is 2.26. The van der Waals surface area contributed by atoms with Gasteiger partial charge in [0.25, 0.3) is 0 Å². The van der Waals surface area contributed by atoms with Crippen molar-refractivity contribution < 1.29 is 4.74 Å². The van der Waals surface area contributed by atoms with E-state index in [2.05, 4.69) is 24.2 Å². The molecular weight excluding hydrogens is 250 g/mol. The van der Waals surface area contributed by atoms with Crippen molar-refractivity contribution in [2.75, 3.05) is 0 Å². The van der Waals surface area contributed by atoms with Gasteiger partial charge in [-0.1, -0.05) is 12.1 Å². The highest BCUT2D eigenvalue weighted by Gasteiger charge is 2.13. The maximum Gasteiger partial charge on any atom is 0.171 e. The van der Waals surface area contributed by atoms with E-state index in [9.17, 15) is 0 Å². The van der Waals surface area contributed by atoms with E-state index in [1.165, 1.54) is 5.56 Å². The van der Waals surface area contributed by atoms with Crippen molar-refractivity contribution in [1.29, 1.82) is 0 Å². The SMILES string of the molecule is Cc1cc(CC(C)N)ccc1Oc1c(C)nn(C)c1C. The first-order chi connectivity index (χ1) is 9.38. The molecule has 0 amide bonds. The van der Waals surface area contributed by atoms with E-state index in [1.54, 1.807) is 0 Å². The number of nitrogens with zero attached hydrogens (tertiary/aromatic N) is 2. The van der Waals surface area contributed by atoms with Crippen LogP contribution in [-0.2, 0) is 13.5 Å². The molecular formula is C16H23N3O. The van der Waals surface area contributed by atoms with Crippen LogP contribution in [0.5, 0.6) is 11.5 Å². The fourth-order valence-corrected chi connectivity index (χ4v) is 2.34. The summed E-state index contributed by atoms with van der Waals surface area (Å²) >= 11 is 0. The van der Waals surface area contributed by atoms with Crippen LogP contribution in [0.25, 0.3) is 0 Å². The smallest absolute Gasteiger partial charge is 0.171 e. The zero-order valence-corrected chi connectivity index (χ0v) is 12.9. The van der Waals surface area contributed by atoms with Crippen molar-refractivity contribution in [3.63, 3.8) is 0 Å². The molecule has 1 unspecified atom stereocenters. The number of nitrogens with two attached hydrogens (primary N) is 1. The van der Waals surface area contributed by atoms with E-state index >= 15 is 0 Å². The maximum absolute atomic E-state index is 6.04. The minimum Gasteiger partial charge on any atom is -0.453 e. The third kappa shape index (κ3) is 3.02. The normalized spacial score (nSPS) is 12.5. The number of aryl methyl sites for hydroxylation is 3. The topological polar surface area (TPSA) is 53.1 Å². The molecule has 2 N–H and O–H groups in total. The summed E-state index contributed by atoms with van der Waals surface area (Å²) in [6, 6.07) is 6.40. The minimum atomic E-state index is 0.170. The molecule has 2 rings (SSSR count). The summed E-state index contributed by atoms with van der Waals surface area (Å²) in [6.45, 7) is 8.04. The highest BCUT2D eigenvalue weighted by atomic mass is 16.5. The Bertz CT molecular complexity index is 614. The molecule has 0 spiro atoms. The Kier molecular flexibility index (Phi) is 4.14. The van der Waals surface area contributed by atoms with Crippen LogP contribution in [0.3, 0.4) is 0 Å². The first kappa shape index (κ1) is 14.6. The fourth-order valence-electron chi connectivity index (χ4n) is 2.34. The second-order valence-electron chi connectivity index (χ2n) is 5.51. The Hall–Kier alpha value is -1.81. The molecule has 1 atom stereocenters. The Morgan fingerprint density at radius 1 is 1.30 bits per heavy atom. The number of aromatic nitrogens is 2. The first-order valence-electron chi connectivity index (χ1n) is 6.91. The van der Waals surface area contributed by atoms with E-state index in [-0.39, 0.29) is 6.04 Å². The van der Waals surface area contributed by atoms with Gasteiger partial charge in [0, 0.05) is 13.1 Å². The largest absolute Gasteiger partial charge is 0.453 e. The Morgan fingerprint density at radius 2 is 2.00 bits per heavy atom. The predicted molar refractivity (Wildman–Crippen MR) is 81.3 cm³/mol. The molecule has 0 saturated heterocycles. The van der Waals surface area contributed by atoms with E-state index in [0.29, 0.717) is 0 Å². The molecule has 1 aromatic carbocycles. The van der Waals surface area contributed by atoms with Crippen LogP contribution in [0.15, 0.2) is 18.2 Å². The standard InChI is InChI=1S/C16H23N3O/c1-10-8-14(9-11(2)17)6-7-15(10)20-16-12(3)18-19(5)13(16)4/h6-8,11H,9,17H2,1-5H3. The lowest BCUT2D eigenvalue weighted by molar-refractivity contribution is 0.470. The predicted octanol–water partition coefficient (Wildman–Crippen LogP) is 3.03. The third-order valence-electron chi connectivity index (χ3n) is 3.45. The lowest BCUT2D eigenvalue weighted by Crippen LogP contribution is -2.17. The van der Waals surface area contributed by atoms with Gasteiger partial charge in [0.1, 0.15) is 11.4 Å². The van der Waals surface area contributed by atoms with Crippen LogP contribution < -0.4 is 10.5 Å². The van der Waals surface area contributed by atoms with Gasteiger partial charge in [-0.2, -0.15) is 5.10 Å². The molecule has 1 aromatic heterocycles. The highest BCUT2D eigenvalue weighted by molar-refractivity contribution is 5.42. The van der Waals surface area contributed by atoms with Crippen LogP contribution in [0.1, 0.15) is 29.4 Å². The fraction of sp³-hybridized carbons (Fsp3) is 0.438. The molecule has 108 valence electrons. The minimum absolute atomic E-state index is 0.170. The summed E-state index contributed by atoms with van der Waals surface area (Å²) in [7, 11) is 1.92. The van der Waals surface area contributed by atoms with Crippen LogP contribution in [0, 0.1) is 20.8 Å². The monoisotopic (exact) mass is 273 g/mol. The van der Waals surface area contributed by atoms with E-state index < -0.39 is 0 Å².